The van der Waals surface area contributed by atoms with Crippen molar-refractivity contribution in [3.8, 4) is 0 Å². The number of hydrogen-bond donors (Lipinski definition) is 1. The molecule has 2 atom stereocenters. The quantitative estimate of drug-likeness (QED) is 0.851. The fourth-order valence-electron chi connectivity index (χ4n) is 4.00. The van der Waals surface area contributed by atoms with E-state index in [9.17, 15) is 13.2 Å². The van der Waals surface area contributed by atoms with Crippen molar-refractivity contribution >= 4 is 21.6 Å². The summed E-state index contributed by atoms with van der Waals surface area (Å²) in [6, 6.07) is 5.21. The Labute approximate surface area is 136 Å². The van der Waals surface area contributed by atoms with Gasteiger partial charge in [0.25, 0.3) is 0 Å². The predicted molar refractivity (Wildman–Crippen MR) is 86.8 cm³/mol. The molecule has 0 aliphatic carbocycles. The van der Waals surface area contributed by atoms with Gasteiger partial charge in [0, 0.05) is 32.2 Å². The molecule has 0 spiro atoms. The van der Waals surface area contributed by atoms with Crippen molar-refractivity contribution in [1.82, 2.24) is 9.62 Å². The molecule has 1 N–H and O–H groups in total. The van der Waals surface area contributed by atoms with Crippen LogP contribution in [0.2, 0.25) is 0 Å². The summed E-state index contributed by atoms with van der Waals surface area (Å²) >= 11 is 0. The van der Waals surface area contributed by atoms with E-state index in [0.29, 0.717) is 36.4 Å². The minimum Gasteiger partial charge on any atom is -0.316 e. The standard InChI is InChI=1S/C16H21N3O3S/c1-11(20)19-5-4-12-2-3-15(6-16(12)19)23(21,22)18-9-13-7-17-8-14(13)10-18/h2-3,6,13-14,17H,4-5,7-10H2,1H3/t13-,14+. The molecule has 7 heteroatoms. The van der Waals surface area contributed by atoms with Crippen molar-refractivity contribution in [2.24, 2.45) is 11.8 Å². The maximum absolute atomic E-state index is 12.9. The Morgan fingerprint density at radius 2 is 1.91 bits per heavy atom. The smallest absolute Gasteiger partial charge is 0.243 e. The molecular formula is C16H21N3O3S. The van der Waals surface area contributed by atoms with E-state index in [1.807, 2.05) is 6.07 Å². The zero-order valence-corrected chi connectivity index (χ0v) is 14.0. The molecule has 0 radical (unpaired) electrons. The summed E-state index contributed by atoms with van der Waals surface area (Å²) in [7, 11) is -3.48. The highest BCUT2D eigenvalue weighted by Gasteiger charge is 2.41. The largest absolute Gasteiger partial charge is 0.316 e. The van der Waals surface area contributed by atoms with Gasteiger partial charge in [0.15, 0.2) is 0 Å². The highest BCUT2D eigenvalue weighted by molar-refractivity contribution is 7.89. The summed E-state index contributed by atoms with van der Waals surface area (Å²) < 4.78 is 27.5. The van der Waals surface area contributed by atoms with E-state index in [2.05, 4.69) is 5.32 Å². The highest BCUT2D eigenvalue weighted by atomic mass is 32.2. The minimum absolute atomic E-state index is 0.0416. The van der Waals surface area contributed by atoms with Crippen molar-refractivity contribution in [2.45, 2.75) is 18.2 Å². The van der Waals surface area contributed by atoms with Crippen LogP contribution in [0.5, 0.6) is 0 Å². The maximum atomic E-state index is 12.9. The van der Waals surface area contributed by atoms with Gasteiger partial charge in [-0.15, -0.1) is 0 Å². The van der Waals surface area contributed by atoms with Crippen molar-refractivity contribution in [1.29, 1.82) is 0 Å². The second-order valence-corrected chi connectivity index (χ2v) is 8.65. The van der Waals surface area contributed by atoms with Gasteiger partial charge in [-0.25, -0.2) is 8.42 Å². The average Bonchev–Trinajstić information content (AvgIpc) is 3.19. The fourth-order valence-corrected chi connectivity index (χ4v) is 5.58. The Hall–Kier alpha value is -1.44. The van der Waals surface area contributed by atoms with Crippen LogP contribution in [0.3, 0.4) is 0 Å². The number of carbonyl (C=O) groups excluding carboxylic acids is 1. The third kappa shape index (κ3) is 2.38. The Balaban J connectivity index is 1.65. The van der Waals surface area contributed by atoms with E-state index < -0.39 is 10.0 Å². The Morgan fingerprint density at radius 1 is 1.22 bits per heavy atom. The molecule has 1 aromatic rings. The van der Waals surface area contributed by atoms with Crippen molar-refractivity contribution in [3.05, 3.63) is 23.8 Å². The van der Waals surface area contributed by atoms with Gasteiger partial charge >= 0.3 is 0 Å². The molecule has 0 aromatic heterocycles. The van der Waals surface area contributed by atoms with Crippen molar-refractivity contribution < 1.29 is 13.2 Å². The molecule has 23 heavy (non-hydrogen) atoms. The highest BCUT2D eigenvalue weighted by Crippen LogP contribution is 2.34. The minimum atomic E-state index is -3.48. The number of fused-ring (bicyclic) bond motifs is 2. The van der Waals surface area contributed by atoms with Gasteiger partial charge < -0.3 is 10.2 Å². The number of hydrogen-bond acceptors (Lipinski definition) is 4. The lowest BCUT2D eigenvalue weighted by molar-refractivity contribution is -0.116. The van der Waals surface area contributed by atoms with E-state index in [-0.39, 0.29) is 5.91 Å². The van der Waals surface area contributed by atoms with Crippen LogP contribution in [-0.2, 0) is 21.2 Å². The van der Waals surface area contributed by atoms with Crippen LogP contribution in [-0.4, -0.2) is 51.4 Å². The monoisotopic (exact) mass is 335 g/mol. The molecule has 2 saturated heterocycles. The number of amides is 1. The van der Waals surface area contributed by atoms with E-state index in [1.54, 1.807) is 21.3 Å². The average molecular weight is 335 g/mol. The first-order chi connectivity index (χ1) is 11.0. The van der Waals surface area contributed by atoms with E-state index in [0.717, 1.165) is 30.8 Å². The van der Waals surface area contributed by atoms with Crippen molar-refractivity contribution in [3.63, 3.8) is 0 Å². The molecule has 124 valence electrons. The number of rotatable bonds is 2. The van der Waals surface area contributed by atoms with Gasteiger partial charge in [-0.05, 0) is 49.0 Å². The molecule has 0 saturated carbocycles. The first kappa shape index (κ1) is 15.1. The van der Waals surface area contributed by atoms with E-state index in [4.69, 9.17) is 0 Å². The third-order valence-electron chi connectivity index (χ3n) is 5.33. The van der Waals surface area contributed by atoms with Gasteiger partial charge in [-0.2, -0.15) is 4.31 Å². The van der Waals surface area contributed by atoms with Crippen LogP contribution in [0.4, 0.5) is 5.69 Å². The van der Waals surface area contributed by atoms with Crippen LogP contribution >= 0.6 is 0 Å². The zero-order valence-electron chi connectivity index (χ0n) is 13.2. The van der Waals surface area contributed by atoms with Gasteiger partial charge in [0.2, 0.25) is 15.9 Å². The van der Waals surface area contributed by atoms with Crippen LogP contribution in [0.15, 0.2) is 23.1 Å². The number of nitrogens with one attached hydrogen (secondary N) is 1. The number of carbonyl (C=O) groups is 1. The summed E-state index contributed by atoms with van der Waals surface area (Å²) in [5.41, 5.74) is 1.79. The number of anilines is 1. The van der Waals surface area contributed by atoms with Crippen LogP contribution in [0.25, 0.3) is 0 Å². The fraction of sp³-hybridized carbons (Fsp3) is 0.562. The first-order valence-corrected chi connectivity index (χ1v) is 9.53. The van der Waals surface area contributed by atoms with Crippen LogP contribution < -0.4 is 10.2 Å². The third-order valence-corrected chi connectivity index (χ3v) is 7.15. The lowest BCUT2D eigenvalue weighted by Gasteiger charge is -2.20. The van der Waals surface area contributed by atoms with Gasteiger partial charge in [0.05, 0.1) is 4.90 Å². The lowest BCUT2D eigenvalue weighted by atomic mass is 10.0. The predicted octanol–water partition coefficient (Wildman–Crippen LogP) is 0.436. The Kier molecular flexibility index (Phi) is 3.48. The maximum Gasteiger partial charge on any atom is 0.243 e. The summed E-state index contributed by atoms with van der Waals surface area (Å²) in [6.45, 7) is 5.14. The molecule has 4 rings (SSSR count). The summed E-state index contributed by atoms with van der Waals surface area (Å²) in [5.74, 6) is 0.806. The van der Waals surface area contributed by atoms with Crippen molar-refractivity contribution in [2.75, 3.05) is 37.6 Å². The summed E-state index contributed by atoms with van der Waals surface area (Å²) in [4.78, 5) is 13.7. The number of benzene rings is 1. The molecule has 3 aliphatic heterocycles. The SMILES string of the molecule is CC(=O)N1CCc2ccc(S(=O)(=O)N3C[C@H]4CNC[C@H]4C3)cc21. The van der Waals surface area contributed by atoms with Crippen LogP contribution in [0, 0.1) is 11.8 Å². The molecule has 1 aromatic carbocycles. The Morgan fingerprint density at radius 3 is 2.57 bits per heavy atom. The normalized spacial score (nSPS) is 27.3. The molecule has 6 nitrogen and oxygen atoms in total. The molecule has 1 amide bonds. The number of nitrogens with zero attached hydrogens (tertiary/aromatic N) is 2. The topological polar surface area (TPSA) is 69.7 Å². The molecule has 2 fully saturated rings. The summed E-state index contributed by atoms with van der Waals surface area (Å²) in [5, 5.41) is 3.32. The second-order valence-electron chi connectivity index (χ2n) is 6.71. The number of sulfonamides is 1. The first-order valence-electron chi connectivity index (χ1n) is 8.09. The van der Waals surface area contributed by atoms with E-state index in [1.165, 1.54) is 6.92 Å². The lowest BCUT2D eigenvalue weighted by Crippen LogP contribution is -2.32. The van der Waals surface area contributed by atoms with Gasteiger partial charge in [0.1, 0.15) is 0 Å². The van der Waals surface area contributed by atoms with E-state index >= 15 is 0 Å². The zero-order chi connectivity index (χ0) is 16.2. The Bertz CT molecular complexity index is 750. The molecule has 3 heterocycles. The van der Waals surface area contributed by atoms with Crippen LogP contribution in [0.1, 0.15) is 12.5 Å². The molecule has 0 unspecified atom stereocenters. The molecule has 3 aliphatic rings. The molecular weight excluding hydrogens is 314 g/mol. The molecule has 0 bridgehead atoms. The summed E-state index contributed by atoms with van der Waals surface area (Å²) in [6.07, 6.45) is 0.786. The second kappa shape index (κ2) is 5.29. The van der Waals surface area contributed by atoms with Gasteiger partial charge in [-0.3, -0.25) is 4.79 Å². The van der Waals surface area contributed by atoms with Gasteiger partial charge in [-0.1, -0.05) is 6.07 Å².